The molecule has 26 heavy (non-hydrogen) atoms. The number of carboxylic acids is 1. The van der Waals surface area contributed by atoms with E-state index in [9.17, 15) is 19.2 Å². The van der Waals surface area contributed by atoms with Crippen molar-refractivity contribution in [3.63, 3.8) is 0 Å². The van der Waals surface area contributed by atoms with Gasteiger partial charge in [0.15, 0.2) is 0 Å². The lowest BCUT2D eigenvalue weighted by atomic mass is 10.0. The van der Waals surface area contributed by atoms with Gasteiger partial charge in [0.2, 0.25) is 0 Å². The Morgan fingerprint density at radius 2 is 2.04 bits per heavy atom. The van der Waals surface area contributed by atoms with Crippen LogP contribution in [-0.4, -0.2) is 40.0 Å². The zero-order valence-electron chi connectivity index (χ0n) is 13.6. The van der Waals surface area contributed by atoms with Crippen LogP contribution in [0.1, 0.15) is 21.7 Å². The molecule has 2 aromatic rings. The summed E-state index contributed by atoms with van der Waals surface area (Å²) in [5, 5.41) is 8.52. The molecule has 1 saturated heterocycles. The largest absolute Gasteiger partial charge is 0.478 e. The number of nitrogens with zero attached hydrogens (tertiary/aromatic N) is 1. The Kier molecular flexibility index (Phi) is 4.77. The lowest BCUT2D eigenvalue weighted by Gasteiger charge is -2.06. The normalized spacial score (nSPS) is 15.7. The van der Waals surface area contributed by atoms with E-state index in [1.54, 1.807) is 31.2 Å². The summed E-state index contributed by atoms with van der Waals surface area (Å²) < 4.78 is 5.70. The molecule has 1 N–H and O–H groups in total. The third kappa shape index (κ3) is 3.31. The molecule has 132 valence electrons. The Balaban J connectivity index is 1.87. The third-order valence-corrected chi connectivity index (χ3v) is 4.68. The van der Waals surface area contributed by atoms with E-state index in [4.69, 9.17) is 9.52 Å². The van der Waals surface area contributed by atoms with Crippen LogP contribution in [0.4, 0.5) is 4.79 Å². The number of imide groups is 1. The molecule has 0 spiro atoms. The molecule has 0 aliphatic carbocycles. The lowest BCUT2D eigenvalue weighted by Crippen LogP contribution is -2.29. The molecule has 1 fully saturated rings. The predicted molar refractivity (Wildman–Crippen MR) is 94.6 cm³/mol. The summed E-state index contributed by atoms with van der Waals surface area (Å²) in [7, 11) is 0. The van der Waals surface area contributed by atoms with Crippen LogP contribution in [0.3, 0.4) is 0 Å². The Morgan fingerprint density at radius 3 is 2.69 bits per heavy atom. The van der Waals surface area contributed by atoms with Crippen molar-refractivity contribution in [2.24, 2.45) is 0 Å². The number of aldehydes is 1. The van der Waals surface area contributed by atoms with Crippen LogP contribution in [-0.2, 0) is 9.59 Å². The summed E-state index contributed by atoms with van der Waals surface area (Å²) in [6.45, 7) is 1.50. The highest BCUT2D eigenvalue weighted by Crippen LogP contribution is 2.33. The Labute approximate surface area is 152 Å². The summed E-state index contributed by atoms with van der Waals surface area (Å²) in [5.41, 5.74) is 1.64. The average molecular weight is 371 g/mol. The first-order valence-corrected chi connectivity index (χ1v) is 8.35. The zero-order valence-corrected chi connectivity index (χ0v) is 14.4. The molecule has 8 heteroatoms. The molecule has 1 aromatic heterocycles. The van der Waals surface area contributed by atoms with Gasteiger partial charge in [0.25, 0.3) is 11.1 Å². The number of thioether (sulfide) groups is 1. The number of benzene rings is 1. The van der Waals surface area contributed by atoms with Crippen LogP contribution >= 0.6 is 11.8 Å². The molecule has 2 amide bonds. The van der Waals surface area contributed by atoms with E-state index in [0.29, 0.717) is 17.8 Å². The SMILES string of the molecule is Cc1cc(C(=O)O)ccc1-c1ccc(/C=C2\SC(=O)N(CC=O)C2=O)o1. The molecule has 0 radical (unpaired) electrons. The van der Waals surface area contributed by atoms with Crippen LogP contribution in [0.5, 0.6) is 0 Å². The van der Waals surface area contributed by atoms with Crippen molar-refractivity contribution < 1.29 is 28.7 Å². The number of furan rings is 1. The average Bonchev–Trinajstić information content (AvgIpc) is 3.15. The number of rotatable bonds is 5. The number of amides is 2. The Bertz CT molecular complexity index is 958. The van der Waals surface area contributed by atoms with E-state index in [2.05, 4.69) is 0 Å². The highest BCUT2D eigenvalue weighted by molar-refractivity contribution is 8.18. The van der Waals surface area contributed by atoms with Gasteiger partial charge in [-0.05, 0) is 48.5 Å². The fourth-order valence-electron chi connectivity index (χ4n) is 2.51. The number of carbonyl (C=O) groups is 4. The van der Waals surface area contributed by atoms with E-state index in [1.165, 1.54) is 12.1 Å². The van der Waals surface area contributed by atoms with Crippen molar-refractivity contribution in [2.45, 2.75) is 6.92 Å². The maximum atomic E-state index is 12.1. The van der Waals surface area contributed by atoms with Crippen molar-refractivity contribution in [2.75, 3.05) is 6.54 Å². The molecule has 0 atom stereocenters. The number of carboxylic acid groups (broad SMARTS) is 1. The number of carbonyl (C=O) groups excluding carboxylic acids is 3. The van der Waals surface area contributed by atoms with E-state index >= 15 is 0 Å². The minimum absolute atomic E-state index is 0.177. The van der Waals surface area contributed by atoms with Gasteiger partial charge in [-0.3, -0.25) is 14.5 Å². The molecular formula is C18H13NO6S. The molecule has 0 bridgehead atoms. The minimum Gasteiger partial charge on any atom is -0.478 e. The topological polar surface area (TPSA) is 105 Å². The van der Waals surface area contributed by atoms with Crippen LogP contribution in [0, 0.1) is 6.92 Å². The molecule has 7 nitrogen and oxygen atoms in total. The van der Waals surface area contributed by atoms with Gasteiger partial charge >= 0.3 is 5.97 Å². The van der Waals surface area contributed by atoms with E-state index in [1.807, 2.05) is 0 Å². The number of aryl methyl sites for hydroxylation is 1. The van der Waals surface area contributed by atoms with Crippen LogP contribution < -0.4 is 0 Å². The molecule has 0 unspecified atom stereocenters. The quantitative estimate of drug-likeness (QED) is 0.635. The maximum absolute atomic E-state index is 12.1. The summed E-state index contributed by atoms with van der Waals surface area (Å²) >= 11 is 0.744. The van der Waals surface area contributed by atoms with Crippen molar-refractivity contribution in [3.8, 4) is 11.3 Å². The molecule has 1 aromatic carbocycles. The highest BCUT2D eigenvalue weighted by atomic mass is 32.2. The number of hydrogen-bond acceptors (Lipinski definition) is 6. The first-order chi connectivity index (χ1) is 12.4. The highest BCUT2D eigenvalue weighted by Gasteiger charge is 2.34. The molecule has 1 aliphatic rings. The monoisotopic (exact) mass is 371 g/mol. The van der Waals surface area contributed by atoms with Crippen LogP contribution in [0.2, 0.25) is 0 Å². The van der Waals surface area contributed by atoms with E-state index in [-0.39, 0.29) is 17.0 Å². The molecular weight excluding hydrogens is 358 g/mol. The Hall–Kier alpha value is -3.13. The third-order valence-electron chi connectivity index (χ3n) is 3.77. The number of hydrogen-bond donors (Lipinski definition) is 1. The summed E-state index contributed by atoms with van der Waals surface area (Å²) in [5.74, 6) is -0.658. The molecule has 2 heterocycles. The minimum atomic E-state index is -1.01. The van der Waals surface area contributed by atoms with Crippen molar-refractivity contribution in [1.29, 1.82) is 0 Å². The number of aromatic carboxylic acids is 1. The van der Waals surface area contributed by atoms with Crippen LogP contribution in [0.25, 0.3) is 17.4 Å². The van der Waals surface area contributed by atoms with Gasteiger partial charge in [0.05, 0.1) is 17.0 Å². The first-order valence-electron chi connectivity index (χ1n) is 7.54. The summed E-state index contributed by atoms with van der Waals surface area (Å²) in [6, 6.07) is 8.03. The second kappa shape index (κ2) is 7.01. The summed E-state index contributed by atoms with van der Waals surface area (Å²) in [6.07, 6.45) is 1.94. The predicted octanol–water partition coefficient (Wildman–Crippen LogP) is 3.19. The van der Waals surface area contributed by atoms with Crippen molar-refractivity contribution >= 4 is 41.2 Å². The van der Waals surface area contributed by atoms with Crippen molar-refractivity contribution in [3.05, 3.63) is 52.1 Å². The lowest BCUT2D eigenvalue weighted by molar-refractivity contribution is -0.125. The standard InChI is InChI=1S/C18H13NO6S/c1-10-8-11(17(22)23)2-4-13(10)14-5-3-12(25-14)9-15-16(21)19(6-7-20)18(24)26-15/h2-5,7-9H,6H2,1H3,(H,22,23)/b15-9-. The van der Waals surface area contributed by atoms with Gasteiger partial charge in [0.1, 0.15) is 17.8 Å². The van der Waals surface area contributed by atoms with Crippen molar-refractivity contribution in [1.82, 2.24) is 4.90 Å². The maximum Gasteiger partial charge on any atom is 0.335 e. The van der Waals surface area contributed by atoms with Gasteiger partial charge in [-0.15, -0.1) is 0 Å². The van der Waals surface area contributed by atoms with E-state index < -0.39 is 17.1 Å². The summed E-state index contributed by atoms with van der Waals surface area (Å²) in [4.78, 5) is 46.4. The van der Waals surface area contributed by atoms with Gasteiger partial charge < -0.3 is 14.3 Å². The first kappa shape index (κ1) is 17.7. The van der Waals surface area contributed by atoms with Gasteiger partial charge in [-0.2, -0.15) is 0 Å². The molecule has 0 saturated carbocycles. The second-order valence-corrected chi connectivity index (χ2v) is 6.49. The van der Waals surface area contributed by atoms with Gasteiger partial charge in [-0.1, -0.05) is 6.07 Å². The Morgan fingerprint density at radius 1 is 1.27 bits per heavy atom. The van der Waals surface area contributed by atoms with Gasteiger partial charge in [-0.25, -0.2) is 4.79 Å². The fraction of sp³-hybridized carbons (Fsp3) is 0.111. The zero-order chi connectivity index (χ0) is 18.8. The van der Waals surface area contributed by atoms with Gasteiger partial charge in [0, 0.05) is 11.6 Å². The smallest absolute Gasteiger partial charge is 0.335 e. The molecule has 1 aliphatic heterocycles. The fourth-order valence-corrected chi connectivity index (χ4v) is 3.34. The van der Waals surface area contributed by atoms with Crippen LogP contribution in [0.15, 0.2) is 39.7 Å². The molecule has 3 rings (SSSR count). The second-order valence-electron chi connectivity index (χ2n) is 5.50. The van der Waals surface area contributed by atoms with E-state index in [0.717, 1.165) is 27.8 Å².